The van der Waals surface area contributed by atoms with E-state index in [9.17, 15) is 9.59 Å². The van der Waals surface area contributed by atoms with Crippen molar-refractivity contribution < 1.29 is 19.1 Å². The van der Waals surface area contributed by atoms with Gasteiger partial charge in [0.1, 0.15) is 5.75 Å². The van der Waals surface area contributed by atoms with Gasteiger partial charge in [-0.1, -0.05) is 19.1 Å². The zero-order valence-corrected chi connectivity index (χ0v) is 16.1. The highest BCUT2D eigenvalue weighted by Gasteiger charge is 2.18. The topological polar surface area (TPSA) is 76.7 Å². The number of ether oxygens (including phenoxy) is 2. The fraction of sp³-hybridized carbons (Fsp3) is 0.364. The molecule has 6 heteroatoms. The van der Waals surface area contributed by atoms with E-state index in [0.717, 1.165) is 31.6 Å². The van der Waals surface area contributed by atoms with Crippen LogP contribution >= 0.6 is 0 Å². The first-order valence-electron chi connectivity index (χ1n) is 9.70. The van der Waals surface area contributed by atoms with Gasteiger partial charge in [0.25, 0.3) is 11.8 Å². The molecular weight excluding hydrogens is 356 g/mol. The zero-order chi connectivity index (χ0) is 19.8. The van der Waals surface area contributed by atoms with E-state index >= 15 is 0 Å². The summed E-state index contributed by atoms with van der Waals surface area (Å²) < 4.78 is 11.1. The number of amides is 2. The summed E-state index contributed by atoms with van der Waals surface area (Å²) in [5, 5.41) is 5.72. The van der Waals surface area contributed by atoms with Crippen LogP contribution in [0.15, 0.2) is 48.5 Å². The van der Waals surface area contributed by atoms with Gasteiger partial charge in [0.2, 0.25) is 0 Å². The van der Waals surface area contributed by atoms with Crippen molar-refractivity contribution in [2.24, 2.45) is 0 Å². The normalized spacial score (nSPS) is 15.8. The molecule has 2 aromatic rings. The van der Waals surface area contributed by atoms with Crippen LogP contribution in [-0.4, -0.2) is 37.7 Å². The Kier molecular flexibility index (Phi) is 7.03. The average molecular weight is 382 g/mol. The molecule has 2 aromatic carbocycles. The first-order chi connectivity index (χ1) is 13.7. The van der Waals surface area contributed by atoms with Crippen LogP contribution in [0, 0.1) is 0 Å². The Hall–Kier alpha value is -2.86. The van der Waals surface area contributed by atoms with Gasteiger partial charge in [-0.3, -0.25) is 9.59 Å². The van der Waals surface area contributed by atoms with Crippen molar-refractivity contribution in [3.63, 3.8) is 0 Å². The number of para-hydroxylation sites is 1. The van der Waals surface area contributed by atoms with Gasteiger partial charge in [0.05, 0.1) is 24.0 Å². The fourth-order valence-electron chi connectivity index (χ4n) is 3.01. The lowest BCUT2D eigenvalue weighted by Crippen LogP contribution is -2.32. The van der Waals surface area contributed by atoms with Crippen LogP contribution in [0.1, 0.15) is 46.9 Å². The number of hydrogen-bond acceptors (Lipinski definition) is 4. The third-order valence-electron chi connectivity index (χ3n) is 4.52. The molecule has 0 spiro atoms. The summed E-state index contributed by atoms with van der Waals surface area (Å²) >= 11 is 0. The van der Waals surface area contributed by atoms with Crippen LogP contribution in [0.4, 0.5) is 5.69 Å². The minimum absolute atomic E-state index is 0.0687. The molecule has 6 nitrogen and oxygen atoms in total. The van der Waals surface area contributed by atoms with Gasteiger partial charge in [-0.05, 0) is 55.7 Å². The number of benzene rings is 2. The smallest absolute Gasteiger partial charge is 0.255 e. The number of anilines is 1. The molecule has 2 amide bonds. The van der Waals surface area contributed by atoms with E-state index in [-0.39, 0.29) is 17.9 Å². The lowest BCUT2D eigenvalue weighted by molar-refractivity contribution is 0.0858. The second-order valence-corrected chi connectivity index (χ2v) is 6.72. The summed E-state index contributed by atoms with van der Waals surface area (Å²) in [6, 6.07) is 13.9. The summed E-state index contributed by atoms with van der Waals surface area (Å²) in [6.07, 6.45) is 2.97. The van der Waals surface area contributed by atoms with Gasteiger partial charge in [-0.15, -0.1) is 0 Å². The maximum atomic E-state index is 12.6. The van der Waals surface area contributed by atoms with Crippen molar-refractivity contribution in [3.8, 4) is 5.75 Å². The van der Waals surface area contributed by atoms with E-state index in [1.807, 2.05) is 6.92 Å². The average Bonchev–Trinajstić information content (AvgIpc) is 3.25. The van der Waals surface area contributed by atoms with E-state index in [1.165, 1.54) is 0 Å². The monoisotopic (exact) mass is 382 g/mol. The highest BCUT2D eigenvalue weighted by molar-refractivity contribution is 6.09. The standard InChI is InChI=1S/C22H26N2O4/c1-2-13-27-17-11-9-16(10-12-17)21(25)24-20-8-4-3-7-19(20)22(26)23-15-18-6-5-14-28-18/h3-4,7-12,18H,2,5-6,13-15H2,1H3,(H,23,26)(H,24,25)/t18-/m1/s1. The molecule has 1 atom stereocenters. The first-order valence-corrected chi connectivity index (χ1v) is 9.70. The summed E-state index contributed by atoms with van der Waals surface area (Å²) in [7, 11) is 0. The van der Waals surface area contributed by atoms with Gasteiger partial charge < -0.3 is 20.1 Å². The van der Waals surface area contributed by atoms with Crippen molar-refractivity contribution in [2.45, 2.75) is 32.3 Å². The number of hydrogen-bond donors (Lipinski definition) is 2. The van der Waals surface area contributed by atoms with Gasteiger partial charge in [0, 0.05) is 18.7 Å². The van der Waals surface area contributed by atoms with E-state index < -0.39 is 0 Å². The van der Waals surface area contributed by atoms with Crippen molar-refractivity contribution in [1.82, 2.24) is 5.32 Å². The molecule has 1 saturated heterocycles. The van der Waals surface area contributed by atoms with Gasteiger partial charge in [0.15, 0.2) is 0 Å². The second-order valence-electron chi connectivity index (χ2n) is 6.72. The molecule has 148 valence electrons. The second kappa shape index (κ2) is 9.90. The predicted octanol–water partition coefficient (Wildman–Crippen LogP) is 3.64. The molecule has 3 rings (SSSR count). The minimum Gasteiger partial charge on any atom is -0.494 e. The van der Waals surface area contributed by atoms with E-state index in [1.54, 1.807) is 48.5 Å². The molecule has 0 radical (unpaired) electrons. The Balaban J connectivity index is 1.63. The Bertz CT molecular complexity index is 798. The van der Waals surface area contributed by atoms with Crippen molar-refractivity contribution in [2.75, 3.05) is 25.1 Å². The van der Waals surface area contributed by atoms with Gasteiger partial charge >= 0.3 is 0 Å². The number of carbonyl (C=O) groups excluding carboxylic acids is 2. The van der Waals surface area contributed by atoms with Crippen LogP contribution in [-0.2, 0) is 4.74 Å². The van der Waals surface area contributed by atoms with Crippen molar-refractivity contribution in [1.29, 1.82) is 0 Å². The minimum atomic E-state index is -0.276. The summed E-state index contributed by atoms with van der Waals surface area (Å²) in [6.45, 7) is 3.89. The van der Waals surface area contributed by atoms with E-state index in [0.29, 0.717) is 30.0 Å². The highest BCUT2D eigenvalue weighted by atomic mass is 16.5. The fourth-order valence-corrected chi connectivity index (χ4v) is 3.01. The third-order valence-corrected chi connectivity index (χ3v) is 4.52. The summed E-state index contributed by atoms with van der Waals surface area (Å²) in [4.78, 5) is 25.1. The third kappa shape index (κ3) is 5.33. The summed E-state index contributed by atoms with van der Waals surface area (Å²) in [5.74, 6) is 0.225. The molecule has 1 aliphatic rings. The van der Waals surface area contributed by atoms with Gasteiger partial charge in [-0.2, -0.15) is 0 Å². The van der Waals surface area contributed by atoms with Crippen molar-refractivity contribution >= 4 is 17.5 Å². The lowest BCUT2D eigenvalue weighted by atomic mass is 10.1. The SMILES string of the molecule is CCCOc1ccc(C(=O)Nc2ccccc2C(=O)NC[C@H]2CCCO2)cc1. The van der Waals surface area contributed by atoms with Gasteiger partial charge in [-0.25, -0.2) is 0 Å². The summed E-state index contributed by atoms with van der Waals surface area (Å²) in [5.41, 5.74) is 1.40. The lowest BCUT2D eigenvalue weighted by Gasteiger charge is -2.14. The molecule has 1 fully saturated rings. The van der Waals surface area contributed by atoms with Crippen molar-refractivity contribution in [3.05, 3.63) is 59.7 Å². The molecule has 28 heavy (non-hydrogen) atoms. The molecule has 0 saturated carbocycles. The molecule has 0 bridgehead atoms. The molecule has 0 unspecified atom stereocenters. The Morgan fingerprint density at radius 2 is 1.89 bits per heavy atom. The van der Waals surface area contributed by atoms with Crippen LogP contribution in [0.2, 0.25) is 0 Å². The number of rotatable bonds is 8. The highest BCUT2D eigenvalue weighted by Crippen LogP contribution is 2.18. The number of nitrogens with one attached hydrogen (secondary N) is 2. The maximum absolute atomic E-state index is 12.6. The van der Waals surface area contributed by atoms with Crippen LogP contribution in [0.3, 0.4) is 0 Å². The quantitative estimate of drug-likeness (QED) is 0.731. The number of carbonyl (C=O) groups is 2. The Morgan fingerprint density at radius 3 is 2.61 bits per heavy atom. The molecule has 2 N–H and O–H groups in total. The molecule has 0 aliphatic carbocycles. The molecular formula is C22H26N2O4. The maximum Gasteiger partial charge on any atom is 0.255 e. The molecule has 1 heterocycles. The Labute approximate surface area is 165 Å². The first kappa shape index (κ1) is 19.9. The van der Waals surface area contributed by atoms with E-state index in [4.69, 9.17) is 9.47 Å². The van der Waals surface area contributed by atoms with Crippen LogP contribution in [0.25, 0.3) is 0 Å². The van der Waals surface area contributed by atoms with Crippen LogP contribution in [0.5, 0.6) is 5.75 Å². The zero-order valence-electron chi connectivity index (χ0n) is 16.1. The Morgan fingerprint density at radius 1 is 1.11 bits per heavy atom. The molecule has 0 aromatic heterocycles. The van der Waals surface area contributed by atoms with E-state index in [2.05, 4.69) is 10.6 Å². The largest absolute Gasteiger partial charge is 0.494 e. The van der Waals surface area contributed by atoms with Crippen LogP contribution < -0.4 is 15.4 Å². The molecule has 1 aliphatic heterocycles. The predicted molar refractivity (Wildman–Crippen MR) is 108 cm³/mol.